The van der Waals surface area contributed by atoms with E-state index in [1.54, 1.807) is 0 Å². The molecule has 5 rings (SSSR count). The van der Waals surface area contributed by atoms with E-state index in [4.69, 9.17) is 5.10 Å². The molecule has 0 saturated carbocycles. The number of para-hydroxylation sites is 1. The molecule has 1 aliphatic heterocycles. The number of aliphatic hydroxyl groups excluding tert-OH is 1. The summed E-state index contributed by atoms with van der Waals surface area (Å²) in [5.74, 6) is 0.612. The van der Waals surface area contributed by atoms with Crippen LogP contribution in [0.2, 0.25) is 0 Å². The van der Waals surface area contributed by atoms with Crippen molar-refractivity contribution in [3.63, 3.8) is 0 Å². The van der Waals surface area contributed by atoms with Crippen LogP contribution in [0.5, 0.6) is 0 Å². The maximum Gasteiger partial charge on any atom is 0.239 e. The summed E-state index contributed by atoms with van der Waals surface area (Å²) < 4.78 is 1.81. The summed E-state index contributed by atoms with van der Waals surface area (Å²) in [6.45, 7) is 1.81. The fraction of sp³-hybridized carbons (Fsp3) is 0.385. The predicted molar refractivity (Wildman–Crippen MR) is 126 cm³/mol. The van der Waals surface area contributed by atoms with Crippen LogP contribution in [-0.4, -0.2) is 51.4 Å². The molecule has 0 unspecified atom stereocenters. The highest BCUT2D eigenvalue weighted by atomic mass is 16.3. The van der Waals surface area contributed by atoms with Gasteiger partial charge in [0.2, 0.25) is 5.91 Å². The summed E-state index contributed by atoms with van der Waals surface area (Å²) in [4.78, 5) is 14.9. The van der Waals surface area contributed by atoms with E-state index in [2.05, 4.69) is 28.4 Å². The zero-order valence-corrected chi connectivity index (χ0v) is 18.3. The highest BCUT2D eigenvalue weighted by Crippen LogP contribution is 2.29. The van der Waals surface area contributed by atoms with Gasteiger partial charge >= 0.3 is 0 Å². The van der Waals surface area contributed by atoms with Crippen molar-refractivity contribution in [2.24, 2.45) is 0 Å². The second-order valence-corrected chi connectivity index (χ2v) is 8.91. The lowest BCUT2D eigenvalue weighted by Gasteiger charge is -2.28. The van der Waals surface area contributed by atoms with Crippen molar-refractivity contribution < 1.29 is 9.90 Å². The molecule has 166 valence electrons. The van der Waals surface area contributed by atoms with Crippen molar-refractivity contribution in [2.75, 3.05) is 25.0 Å². The van der Waals surface area contributed by atoms with Crippen LogP contribution in [0.1, 0.15) is 36.8 Å². The minimum Gasteiger partial charge on any atom is -0.393 e. The van der Waals surface area contributed by atoms with E-state index in [1.807, 2.05) is 41.1 Å². The van der Waals surface area contributed by atoms with Crippen LogP contribution in [0.25, 0.3) is 16.9 Å². The second-order valence-electron chi connectivity index (χ2n) is 8.91. The topological polar surface area (TPSA) is 70.4 Å². The Morgan fingerprint density at radius 3 is 2.53 bits per heavy atom. The number of fused-ring (bicyclic) bond motifs is 1. The third kappa shape index (κ3) is 4.61. The first-order valence-electron chi connectivity index (χ1n) is 11.6. The molecule has 2 aromatic carbocycles. The van der Waals surface area contributed by atoms with Gasteiger partial charge in [-0.25, -0.2) is 4.68 Å². The van der Waals surface area contributed by atoms with Crippen molar-refractivity contribution in [3.05, 3.63) is 65.7 Å². The number of aromatic nitrogens is 2. The summed E-state index contributed by atoms with van der Waals surface area (Å²) in [5.41, 5.74) is 5.72. The molecule has 3 aromatic rings. The quantitative estimate of drug-likeness (QED) is 0.646. The Hall–Kier alpha value is -2.96. The maximum absolute atomic E-state index is 12.8. The Labute approximate surface area is 188 Å². The number of rotatable bonds is 5. The maximum atomic E-state index is 12.8. The third-order valence-corrected chi connectivity index (χ3v) is 6.55. The van der Waals surface area contributed by atoms with E-state index in [1.165, 1.54) is 24.0 Å². The number of hydrogen-bond donors (Lipinski definition) is 2. The van der Waals surface area contributed by atoms with Gasteiger partial charge in [-0.2, -0.15) is 5.10 Å². The SMILES string of the molecule is O=C(CN1CCC(O)CC1)Nc1cc(-c2ccc3c(c2)CCCC3)nn1-c1ccccc1. The molecule has 6 nitrogen and oxygen atoms in total. The normalized spacial score (nSPS) is 17.2. The van der Waals surface area contributed by atoms with Crippen LogP contribution >= 0.6 is 0 Å². The molecule has 2 N–H and O–H groups in total. The van der Waals surface area contributed by atoms with Crippen molar-refractivity contribution in [1.29, 1.82) is 0 Å². The number of benzene rings is 2. The molecule has 32 heavy (non-hydrogen) atoms. The van der Waals surface area contributed by atoms with Crippen molar-refractivity contribution in [1.82, 2.24) is 14.7 Å². The van der Waals surface area contributed by atoms with Crippen LogP contribution < -0.4 is 5.32 Å². The van der Waals surface area contributed by atoms with E-state index in [-0.39, 0.29) is 12.0 Å². The fourth-order valence-electron chi connectivity index (χ4n) is 4.73. The number of carbonyl (C=O) groups excluding carboxylic acids is 1. The molecule has 6 heteroatoms. The van der Waals surface area contributed by atoms with Crippen LogP contribution in [0.15, 0.2) is 54.6 Å². The Balaban J connectivity index is 1.41. The summed E-state index contributed by atoms with van der Waals surface area (Å²) in [6.07, 6.45) is 5.98. The van der Waals surface area contributed by atoms with Crippen LogP contribution in [-0.2, 0) is 17.6 Å². The third-order valence-electron chi connectivity index (χ3n) is 6.55. The van der Waals surface area contributed by atoms with Crippen molar-refractivity contribution in [2.45, 2.75) is 44.6 Å². The second kappa shape index (κ2) is 9.27. The smallest absolute Gasteiger partial charge is 0.239 e. The Kier molecular flexibility index (Phi) is 6.06. The molecular formula is C26H30N4O2. The van der Waals surface area contributed by atoms with Gasteiger partial charge in [-0.3, -0.25) is 9.69 Å². The number of amides is 1. The minimum atomic E-state index is -0.243. The molecule has 1 aliphatic carbocycles. The van der Waals surface area contributed by atoms with E-state index < -0.39 is 0 Å². The lowest BCUT2D eigenvalue weighted by Crippen LogP contribution is -2.40. The average Bonchev–Trinajstić information content (AvgIpc) is 3.24. The molecule has 0 atom stereocenters. The molecule has 2 heterocycles. The number of piperidine rings is 1. The molecule has 0 spiro atoms. The molecular weight excluding hydrogens is 400 g/mol. The molecule has 0 radical (unpaired) electrons. The van der Waals surface area contributed by atoms with Crippen LogP contribution in [0.4, 0.5) is 5.82 Å². The highest BCUT2D eigenvalue weighted by molar-refractivity contribution is 5.92. The molecule has 1 amide bonds. The molecule has 1 aromatic heterocycles. The van der Waals surface area contributed by atoms with Crippen molar-refractivity contribution >= 4 is 11.7 Å². The summed E-state index contributed by atoms with van der Waals surface area (Å²) in [5, 5.41) is 17.6. The van der Waals surface area contributed by atoms with Crippen LogP contribution in [0, 0.1) is 0 Å². The summed E-state index contributed by atoms with van der Waals surface area (Å²) >= 11 is 0. The largest absolute Gasteiger partial charge is 0.393 e. The fourth-order valence-corrected chi connectivity index (χ4v) is 4.73. The monoisotopic (exact) mass is 430 g/mol. The standard InChI is InChI=1S/C26H30N4O2/c31-23-12-14-29(15-13-23)18-26(32)27-25-17-24(28-30(25)22-8-2-1-3-9-22)21-11-10-19-6-4-5-7-20(19)16-21/h1-3,8-11,16-17,23,31H,4-7,12-15,18H2,(H,27,32). The van der Waals surface area contributed by atoms with Gasteiger partial charge in [-0.15, -0.1) is 0 Å². The number of aliphatic hydroxyl groups is 1. The van der Waals surface area contributed by atoms with E-state index >= 15 is 0 Å². The first-order valence-corrected chi connectivity index (χ1v) is 11.6. The summed E-state index contributed by atoms with van der Waals surface area (Å²) in [6, 6.07) is 18.5. The van der Waals surface area contributed by atoms with Gasteiger partial charge in [-0.1, -0.05) is 30.3 Å². The first-order chi connectivity index (χ1) is 15.7. The average molecular weight is 431 g/mol. The van der Waals surface area contributed by atoms with Gasteiger partial charge in [0, 0.05) is 24.7 Å². The first kappa shape index (κ1) is 20.9. The lowest BCUT2D eigenvalue weighted by molar-refractivity contribution is -0.117. The van der Waals surface area contributed by atoms with Gasteiger partial charge in [0.25, 0.3) is 0 Å². The molecule has 1 fully saturated rings. The number of anilines is 1. The Bertz CT molecular complexity index is 1080. The van der Waals surface area contributed by atoms with Crippen LogP contribution in [0.3, 0.4) is 0 Å². The van der Waals surface area contributed by atoms with E-state index in [0.29, 0.717) is 12.4 Å². The predicted octanol–water partition coefficient (Wildman–Crippen LogP) is 3.81. The zero-order valence-electron chi connectivity index (χ0n) is 18.3. The van der Waals surface area contributed by atoms with Gasteiger partial charge in [0.15, 0.2) is 0 Å². The van der Waals surface area contributed by atoms with E-state index in [9.17, 15) is 9.90 Å². The molecule has 2 aliphatic rings. The summed E-state index contributed by atoms with van der Waals surface area (Å²) in [7, 11) is 0. The minimum absolute atomic E-state index is 0.0598. The van der Waals surface area contributed by atoms with Gasteiger partial charge in [0.05, 0.1) is 24.0 Å². The Morgan fingerprint density at radius 2 is 1.75 bits per heavy atom. The van der Waals surface area contributed by atoms with Gasteiger partial charge in [0.1, 0.15) is 5.82 Å². The number of nitrogens with zero attached hydrogens (tertiary/aromatic N) is 3. The Morgan fingerprint density at radius 1 is 1.00 bits per heavy atom. The number of aryl methyl sites for hydroxylation is 2. The molecule has 0 bridgehead atoms. The molecule has 1 saturated heterocycles. The lowest BCUT2D eigenvalue weighted by atomic mass is 9.90. The van der Waals surface area contributed by atoms with Gasteiger partial charge in [-0.05, 0) is 67.9 Å². The highest BCUT2D eigenvalue weighted by Gasteiger charge is 2.21. The zero-order chi connectivity index (χ0) is 21.9. The number of likely N-dealkylation sites (tertiary alicyclic amines) is 1. The van der Waals surface area contributed by atoms with Crippen molar-refractivity contribution in [3.8, 4) is 16.9 Å². The number of carbonyl (C=O) groups is 1. The number of nitrogens with one attached hydrogen (secondary N) is 1. The van der Waals surface area contributed by atoms with Gasteiger partial charge < -0.3 is 10.4 Å². The number of hydrogen-bond acceptors (Lipinski definition) is 4. The van der Waals surface area contributed by atoms with E-state index in [0.717, 1.165) is 55.7 Å².